The largest absolute Gasteiger partial charge is 0.465 e. The first-order chi connectivity index (χ1) is 11.3. The van der Waals surface area contributed by atoms with Gasteiger partial charge in [-0.05, 0) is 37.5 Å². The van der Waals surface area contributed by atoms with Crippen molar-refractivity contribution in [3.63, 3.8) is 0 Å². The van der Waals surface area contributed by atoms with Crippen LogP contribution in [0.2, 0.25) is 0 Å². The molecule has 132 valence electrons. The Balaban J connectivity index is 2.24. The number of amides is 1. The number of esters is 1. The van der Waals surface area contributed by atoms with Crippen LogP contribution in [0.1, 0.15) is 43.7 Å². The van der Waals surface area contributed by atoms with Gasteiger partial charge in [-0.25, -0.2) is 0 Å². The van der Waals surface area contributed by atoms with Gasteiger partial charge in [0.05, 0.1) is 12.2 Å². The normalized spacial score (nSPS) is 22.8. The SMILES string of the molecule is CCCNC(=O)C1(C(=O)OCC)CC1c1ccc(C(F)(F)F)cc1. The van der Waals surface area contributed by atoms with E-state index in [0.29, 0.717) is 12.1 Å². The lowest BCUT2D eigenvalue weighted by Crippen LogP contribution is -2.39. The number of carbonyl (C=O) groups is 2. The summed E-state index contributed by atoms with van der Waals surface area (Å²) in [5, 5.41) is 2.69. The lowest BCUT2D eigenvalue weighted by molar-refractivity contribution is -0.154. The number of hydrogen-bond acceptors (Lipinski definition) is 3. The topological polar surface area (TPSA) is 55.4 Å². The van der Waals surface area contributed by atoms with E-state index in [9.17, 15) is 22.8 Å². The third-order valence-electron chi connectivity index (χ3n) is 4.18. The standard InChI is InChI=1S/C17H20F3NO3/c1-3-9-21-14(22)16(15(23)24-4-2)10-13(16)11-5-7-12(8-6-11)17(18,19)20/h5-8,13H,3-4,9-10H2,1-2H3,(H,21,22). The van der Waals surface area contributed by atoms with Crippen molar-refractivity contribution in [1.82, 2.24) is 5.32 Å². The highest BCUT2D eigenvalue weighted by Gasteiger charge is 2.67. The molecule has 1 N–H and O–H groups in total. The Labute approximate surface area is 138 Å². The van der Waals surface area contributed by atoms with E-state index in [4.69, 9.17) is 4.74 Å². The third-order valence-corrected chi connectivity index (χ3v) is 4.18. The molecule has 1 fully saturated rings. The van der Waals surface area contributed by atoms with E-state index < -0.39 is 34.9 Å². The molecule has 1 saturated carbocycles. The second-order valence-corrected chi connectivity index (χ2v) is 5.82. The van der Waals surface area contributed by atoms with Crippen molar-refractivity contribution in [1.29, 1.82) is 0 Å². The van der Waals surface area contributed by atoms with Gasteiger partial charge in [-0.15, -0.1) is 0 Å². The molecule has 1 aliphatic carbocycles. The van der Waals surface area contributed by atoms with Crippen LogP contribution in [-0.4, -0.2) is 25.0 Å². The van der Waals surface area contributed by atoms with Gasteiger partial charge in [-0.3, -0.25) is 9.59 Å². The van der Waals surface area contributed by atoms with Crippen LogP contribution in [0, 0.1) is 5.41 Å². The molecule has 4 nitrogen and oxygen atoms in total. The molecule has 2 rings (SSSR count). The molecule has 7 heteroatoms. The Morgan fingerprint density at radius 2 is 1.88 bits per heavy atom. The molecule has 2 unspecified atom stereocenters. The zero-order valence-corrected chi connectivity index (χ0v) is 13.6. The van der Waals surface area contributed by atoms with Crippen LogP contribution in [0.15, 0.2) is 24.3 Å². The maximum Gasteiger partial charge on any atom is 0.416 e. The van der Waals surface area contributed by atoms with Gasteiger partial charge in [-0.2, -0.15) is 13.2 Å². The maximum atomic E-state index is 12.6. The molecule has 0 spiro atoms. The molecule has 0 aliphatic heterocycles. The van der Waals surface area contributed by atoms with Crippen molar-refractivity contribution >= 4 is 11.9 Å². The summed E-state index contributed by atoms with van der Waals surface area (Å²) in [6, 6.07) is 4.57. The van der Waals surface area contributed by atoms with E-state index in [0.717, 1.165) is 18.6 Å². The molecule has 0 bridgehead atoms. The first kappa shape index (κ1) is 18.3. The Morgan fingerprint density at radius 3 is 2.38 bits per heavy atom. The predicted octanol–water partition coefficient (Wildman–Crippen LogP) is 3.27. The van der Waals surface area contributed by atoms with Crippen LogP contribution in [0.25, 0.3) is 0 Å². The van der Waals surface area contributed by atoms with Gasteiger partial charge in [0.15, 0.2) is 5.41 Å². The smallest absolute Gasteiger partial charge is 0.416 e. The van der Waals surface area contributed by atoms with E-state index in [2.05, 4.69) is 5.32 Å². The zero-order valence-electron chi connectivity index (χ0n) is 13.6. The fourth-order valence-electron chi connectivity index (χ4n) is 2.80. The van der Waals surface area contributed by atoms with Crippen molar-refractivity contribution in [2.24, 2.45) is 5.41 Å². The second-order valence-electron chi connectivity index (χ2n) is 5.82. The fourth-order valence-corrected chi connectivity index (χ4v) is 2.80. The number of benzene rings is 1. The molecule has 0 aromatic heterocycles. The highest BCUT2D eigenvalue weighted by atomic mass is 19.4. The van der Waals surface area contributed by atoms with Gasteiger partial charge >= 0.3 is 12.1 Å². The quantitative estimate of drug-likeness (QED) is 0.637. The van der Waals surface area contributed by atoms with Gasteiger partial charge < -0.3 is 10.1 Å². The zero-order chi connectivity index (χ0) is 18.0. The summed E-state index contributed by atoms with van der Waals surface area (Å²) in [4.78, 5) is 24.7. The Bertz CT molecular complexity index is 613. The predicted molar refractivity (Wildman–Crippen MR) is 81.2 cm³/mol. The number of hydrogen-bond donors (Lipinski definition) is 1. The fraction of sp³-hybridized carbons (Fsp3) is 0.529. The van der Waals surface area contributed by atoms with E-state index in [-0.39, 0.29) is 13.0 Å². The first-order valence-corrected chi connectivity index (χ1v) is 7.90. The number of nitrogens with one attached hydrogen (secondary N) is 1. The summed E-state index contributed by atoms with van der Waals surface area (Å²) in [5.41, 5.74) is -1.56. The van der Waals surface area contributed by atoms with Crippen LogP contribution in [0.3, 0.4) is 0 Å². The minimum absolute atomic E-state index is 0.140. The van der Waals surface area contributed by atoms with Gasteiger partial charge in [0.1, 0.15) is 0 Å². The van der Waals surface area contributed by atoms with E-state index in [1.165, 1.54) is 12.1 Å². The minimum Gasteiger partial charge on any atom is -0.465 e. The molecule has 1 aromatic carbocycles. The monoisotopic (exact) mass is 343 g/mol. The summed E-state index contributed by atoms with van der Waals surface area (Å²) in [6.45, 7) is 4.10. The van der Waals surface area contributed by atoms with E-state index in [1.807, 2.05) is 6.92 Å². The van der Waals surface area contributed by atoms with Gasteiger partial charge in [0.2, 0.25) is 5.91 Å². The maximum absolute atomic E-state index is 12.6. The second kappa shape index (κ2) is 6.83. The average Bonchev–Trinajstić information content (AvgIpc) is 3.29. The highest BCUT2D eigenvalue weighted by molar-refractivity contribution is 6.07. The molecule has 1 amide bonds. The molecule has 1 aliphatic rings. The minimum atomic E-state index is -4.42. The Morgan fingerprint density at radius 1 is 1.25 bits per heavy atom. The average molecular weight is 343 g/mol. The van der Waals surface area contributed by atoms with Gasteiger partial charge in [-0.1, -0.05) is 19.1 Å². The highest BCUT2D eigenvalue weighted by Crippen LogP contribution is 2.60. The van der Waals surface area contributed by atoms with Crippen molar-refractivity contribution in [3.8, 4) is 0 Å². The molecular formula is C17H20F3NO3. The van der Waals surface area contributed by atoms with E-state index in [1.54, 1.807) is 6.92 Å². The molecule has 0 heterocycles. The number of carbonyl (C=O) groups excluding carboxylic acids is 2. The molecular weight excluding hydrogens is 323 g/mol. The van der Waals surface area contributed by atoms with E-state index >= 15 is 0 Å². The summed E-state index contributed by atoms with van der Waals surface area (Å²) < 4.78 is 43.0. The summed E-state index contributed by atoms with van der Waals surface area (Å²) in [5.74, 6) is -1.51. The van der Waals surface area contributed by atoms with Crippen molar-refractivity contribution < 1.29 is 27.5 Å². The molecule has 24 heavy (non-hydrogen) atoms. The van der Waals surface area contributed by atoms with Gasteiger partial charge in [0.25, 0.3) is 0 Å². The van der Waals surface area contributed by atoms with Crippen molar-refractivity contribution in [2.75, 3.05) is 13.2 Å². The molecule has 1 aromatic rings. The molecule has 2 atom stereocenters. The third kappa shape index (κ3) is 3.39. The lowest BCUT2D eigenvalue weighted by Gasteiger charge is -2.16. The van der Waals surface area contributed by atoms with Crippen LogP contribution < -0.4 is 5.32 Å². The van der Waals surface area contributed by atoms with Crippen molar-refractivity contribution in [3.05, 3.63) is 35.4 Å². The number of rotatable bonds is 6. The number of halogens is 3. The molecule has 0 saturated heterocycles. The summed E-state index contributed by atoms with van der Waals surface area (Å²) in [7, 11) is 0. The summed E-state index contributed by atoms with van der Waals surface area (Å²) in [6.07, 6.45) is -3.46. The molecule has 0 radical (unpaired) electrons. The Hall–Kier alpha value is -2.05. The van der Waals surface area contributed by atoms with Gasteiger partial charge in [0, 0.05) is 12.5 Å². The van der Waals surface area contributed by atoms with Crippen LogP contribution >= 0.6 is 0 Å². The van der Waals surface area contributed by atoms with Crippen LogP contribution in [0.4, 0.5) is 13.2 Å². The first-order valence-electron chi connectivity index (χ1n) is 7.90. The number of ether oxygens (including phenoxy) is 1. The van der Waals surface area contributed by atoms with Crippen LogP contribution in [-0.2, 0) is 20.5 Å². The lowest BCUT2D eigenvalue weighted by atomic mass is 9.97. The Kier molecular flexibility index (Phi) is 5.20. The summed E-state index contributed by atoms with van der Waals surface area (Å²) >= 11 is 0. The number of alkyl halides is 3. The van der Waals surface area contributed by atoms with Crippen LogP contribution in [0.5, 0.6) is 0 Å². The van der Waals surface area contributed by atoms with Crippen molar-refractivity contribution in [2.45, 2.75) is 38.8 Å².